The lowest BCUT2D eigenvalue weighted by Crippen LogP contribution is -2.42. The third-order valence-corrected chi connectivity index (χ3v) is 4.26. The number of aryl methyl sites for hydroxylation is 1. The lowest BCUT2D eigenvalue weighted by Gasteiger charge is -2.20. The summed E-state index contributed by atoms with van der Waals surface area (Å²) >= 11 is 0. The minimum atomic E-state index is -0.823. The Morgan fingerprint density at radius 2 is 1.83 bits per heavy atom. The van der Waals surface area contributed by atoms with E-state index in [-0.39, 0.29) is 36.8 Å². The van der Waals surface area contributed by atoms with E-state index in [1.165, 1.54) is 23.1 Å². The number of para-hydroxylation sites is 1. The first kappa shape index (κ1) is 21.9. The quantitative estimate of drug-likeness (QED) is 0.660. The molecule has 0 aromatic heterocycles. The molecule has 0 saturated heterocycles. The summed E-state index contributed by atoms with van der Waals surface area (Å²) < 4.78 is 17.9. The summed E-state index contributed by atoms with van der Waals surface area (Å²) in [5.74, 6) is -2.32. The highest BCUT2D eigenvalue weighted by atomic mass is 19.1. The van der Waals surface area contributed by atoms with Crippen molar-refractivity contribution in [3.63, 3.8) is 0 Å². The van der Waals surface area contributed by atoms with Gasteiger partial charge in [-0.3, -0.25) is 9.59 Å². The topological polar surface area (TPSA) is 95.9 Å². The Morgan fingerprint density at radius 1 is 1.14 bits per heavy atom. The van der Waals surface area contributed by atoms with Gasteiger partial charge in [-0.1, -0.05) is 24.3 Å². The fourth-order valence-corrected chi connectivity index (χ4v) is 2.53. The first-order chi connectivity index (χ1) is 13.8. The summed E-state index contributed by atoms with van der Waals surface area (Å²) in [6.45, 7) is 3.03. The zero-order valence-corrected chi connectivity index (χ0v) is 16.3. The van der Waals surface area contributed by atoms with Gasteiger partial charge in [0.25, 0.3) is 5.91 Å². The summed E-state index contributed by atoms with van der Waals surface area (Å²) in [7, 11) is 0. The van der Waals surface area contributed by atoms with Crippen LogP contribution in [0.5, 0.6) is 5.75 Å². The van der Waals surface area contributed by atoms with Crippen molar-refractivity contribution in [1.82, 2.24) is 10.2 Å². The molecule has 0 aliphatic heterocycles. The van der Waals surface area contributed by atoms with E-state index in [2.05, 4.69) is 5.32 Å². The van der Waals surface area contributed by atoms with Crippen molar-refractivity contribution in [3.8, 4) is 5.75 Å². The molecular weight excluding hydrogens is 379 g/mol. The summed E-state index contributed by atoms with van der Waals surface area (Å²) in [6, 6.07) is 10.3. The van der Waals surface area contributed by atoms with Gasteiger partial charge in [-0.05, 0) is 43.2 Å². The molecule has 0 saturated carbocycles. The number of carbonyl (C=O) groups is 3. The number of esters is 1. The molecule has 2 aromatic rings. The van der Waals surface area contributed by atoms with E-state index in [1.807, 2.05) is 0 Å². The van der Waals surface area contributed by atoms with Crippen LogP contribution in [0.2, 0.25) is 0 Å². The number of ether oxygens (including phenoxy) is 1. The Hall–Kier alpha value is -3.42. The highest BCUT2D eigenvalue weighted by molar-refractivity contribution is 5.94. The van der Waals surface area contributed by atoms with Crippen molar-refractivity contribution < 1.29 is 28.6 Å². The molecule has 0 bridgehead atoms. The van der Waals surface area contributed by atoms with Gasteiger partial charge in [0.2, 0.25) is 5.91 Å². The molecule has 0 spiro atoms. The predicted octanol–water partition coefficient (Wildman–Crippen LogP) is 2.16. The zero-order valence-electron chi connectivity index (χ0n) is 16.3. The van der Waals surface area contributed by atoms with Gasteiger partial charge in [-0.15, -0.1) is 0 Å². The van der Waals surface area contributed by atoms with E-state index in [1.54, 1.807) is 38.1 Å². The fourth-order valence-electron chi connectivity index (χ4n) is 2.53. The SMILES string of the molecule is CCN(CC(=O)NCc1ccc(F)cc1)C(=O)COC(=O)c1cccc(C)c1O. The molecular formula is C21H23FN2O5. The number of nitrogens with one attached hydrogen (secondary N) is 1. The van der Waals surface area contributed by atoms with Crippen LogP contribution in [0.25, 0.3) is 0 Å². The number of rotatable bonds is 8. The van der Waals surface area contributed by atoms with Gasteiger partial charge in [0, 0.05) is 13.1 Å². The van der Waals surface area contributed by atoms with Gasteiger partial charge in [0.05, 0.1) is 6.54 Å². The number of aromatic hydroxyl groups is 1. The molecule has 0 heterocycles. The molecule has 8 heteroatoms. The summed E-state index contributed by atoms with van der Waals surface area (Å²) in [6.07, 6.45) is 0. The van der Waals surface area contributed by atoms with Crippen LogP contribution in [0.3, 0.4) is 0 Å². The molecule has 0 atom stereocenters. The molecule has 154 valence electrons. The number of likely N-dealkylation sites (N-methyl/N-ethyl adjacent to an activating group) is 1. The monoisotopic (exact) mass is 402 g/mol. The number of carbonyl (C=O) groups excluding carboxylic acids is 3. The molecule has 7 nitrogen and oxygen atoms in total. The number of nitrogens with zero attached hydrogens (tertiary/aromatic N) is 1. The van der Waals surface area contributed by atoms with Crippen LogP contribution in [-0.2, 0) is 20.9 Å². The molecule has 2 aromatic carbocycles. The second kappa shape index (κ2) is 10.2. The largest absolute Gasteiger partial charge is 0.507 e. The van der Waals surface area contributed by atoms with Crippen LogP contribution in [0.15, 0.2) is 42.5 Å². The van der Waals surface area contributed by atoms with Gasteiger partial charge in [0.15, 0.2) is 6.61 Å². The van der Waals surface area contributed by atoms with Crippen molar-refractivity contribution >= 4 is 17.8 Å². The first-order valence-corrected chi connectivity index (χ1v) is 9.06. The minimum Gasteiger partial charge on any atom is -0.507 e. The zero-order chi connectivity index (χ0) is 21.4. The van der Waals surface area contributed by atoms with Gasteiger partial charge in [-0.2, -0.15) is 0 Å². The number of halogens is 1. The minimum absolute atomic E-state index is 0.0297. The first-order valence-electron chi connectivity index (χ1n) is 9.06. The molecule has 29 heavy (non-hydrogen) atoms. The standard InChI is InChI=1S/C21H23FN2O5/c1-3-24(12-18(25)23-11-15-7-9-16(22)10-8-15)19(26)13-29-21(28)17-6-4-5-14(2)20(17)27/h4-10,27H,3,11-13H2,1-2H3,(H,23,25). The molecule has 0 unspecified atom stereocenters. The van der Waals surface area contributed by atoms with Crippen LogP contribution < -0.4 is 5.32 Å². The van der Waals surface area contributed by atoms with Gasteiger partial charge >= 0.3 is 5.97 Å². The third-order valence-electron chi connectivity index (χ3n) is 4.26. The molecule has 2 amide bonds. The van der Waals surface area contributed by atoms with E-state index < -0.39 is 24.4 Å². The molecule has 0 aliphatic rings. The van der Waals surface area contributed by atoms with Crippen LogP contribution in [-0.4, -0.2) is 47.5 Å². The highest BCUT2D eigenvalue weighted by Crippen LogP contribution is 2.22. The number of hydrogen-bond donors (Lipinski definition) is 2. The van der Waals surface area contributed by atoms with Crippen molar-refractivity contribution in [2.75, 3.05) is 19.7 Å². The van der Waals surface area contributed by atoms with E-state index in [0.717, 1.165) is 5.56 Å². The fraction of sp³-hybridized carbons (Fsp3) is 0.286. The second-order valence-electron chi connectivity index (χ2n) is 6.36. The number of hydrogen-bond acceptors (Lipinski definition) is 5. The Kier molecular flexibility index (Phi) is 7.70. The van der Waals surface area contributed by atoms with Crippen LogP contribution in [0.4, 0.5) is 4.39 Å². The number of amides is 2. The lowest BCUT2D eigenvalue weighted by molar-refractivity contribution is -0.138. The molecule has 0 radical (unpaired) electrons. The normalized spacial score (nSPS) is 10.3. The average molecular weight is 402 g/mol. The summed E-state index contributed by atoms with van der Waals surface area (Å²) in [5, 5.41) is 12.6. The molecule has 2 N–H and O–H groups in total. The molecule has 0 fully saturated rings. The Labute approximate surface area is 168 Å². The van der Waals surface area contributed by atoms with Gasteiger partial charge in [-0.25, -0.2) is 9.18 Å². The highest BCUT2D eigenvalue weighted by Gasteiger charge is 2.19. The van der Waals surface area contributed by atoms with Crippen molar-refractivity contribution in [3.05, 3.63) is 65.0 Å². The third kappa shape index (κ3) is 6.31. The van der Waals surface area contributed by atoms with Gasteiger partial charge in [0.1, 0.15) is 17.1 Å². The van der Waals surface area contributed by atoms with E-state index in [9.17, 15) is 23.9 Å². The maximum absolute atomic E-state index is 12.9. The maximum atomic E-state index is 12.9. The van der Waals surface area contributed by atoms with Crippen LogP contribution >= 0.6 is 0 Å². The van der Waals surface area contributed by atoms with E-state index >= 15 is 0 Å². The maximum Gasteiger partial charge on any atom is 0.342 e. The summed E-state index contributed by atoms with van der Waals surface area (Å²) in [4.78, 5) is 37.7. The lowest BCUT2D eigenvalue weighted by atomic mass is 10.1. The van der Waals surface area contributed by atoms with Crippen LogP contribution in [0.1, 0.15) is 28.4 Å². The second-order valence-corrected chi connectivity index (χ2v) is 6.36. The Morgan fingerprint density at radius 3 is 2.48 bits per heavy atom. The molecule has 2 rings (SSSR count). The number of benzene rings is 2. The number of phenolic OH excluding ortho intramolecular Hbond substituents is 1. The smallest absolute Gasteiger partial charge is 0.342 e. The van der Waals surface area contributed by atoms with Crippen LogP contribution in [0, 0.1) is 12.7 Å². The Bertz CT molecular complexity index is 883. The molecule has 0 aliphatic carbocycles. The number of phenols is 1. The van der Waals surface area contributed by atoms with E-state index in [0.29, 0.717) is 5.56 Å². The van der Waals surface area contributed by atoms with Crippen molar-refractivity contribution in [1.29, 1.82) is 0 Å². The summed E-state index contributed by atoms with van der Waals surface area (Å²) in [5.41, 5.74) is 1.21. The van der Waals surface area contributed by atoms with Crippen molar-refractivity contribution in [2.45, 2.75) is 20.4 Å². The van der Waals surface area contributed by atoms with Gasteiger partial charge < -0.3 is 20.1 Å². The average Bonchev–Trinajstić information content (AvgIpc) is 2.71. The predicted molar refractivity (Wildman–Crippen MR) is 104 cm³/mol. The van der Waals surface area contributed by atoms with Crippen molar-refractivity contribution in [2.24, 2.45) is 0 Å². The van der Waals surface area contributed by atoms with E-state index in [4.69, 9.17) is 4.74 Å². The Balaban J connectivity index is 1.84.